The van der Waals surface area contributed by atoms with E-state index >= 15 is 0 Å². The average molecular weight is 291 g/mol. The molecule has 1 unspecified atom stereocenters. The van der Waals surface area contributed by atoms with E-state index in [1.165, 1.54) is 10.9 Å². The van der Waals surface area contributed by atoms with Crippen LogP contribution in [0.2, 0.25) is 0 Å². The van der Waals surface area contributed by atoms with E-state index in [0.29, 0.717) is 12.3 Å². The van der Waals surface area contributed by atoms with Crippen LogP contribution in [0.5, 0.6) is 0 Å². The van der Waals surface area contributed by atoms with Gasteiger partial charge in [-0.2, -0.15) is 5.26 Å². The molecular weight excluding hydrogens is 274 g/mol. The molecular formula is C17H17N5. The molecule has 1 N–H and O–H groups in total. The van der Waals surface area contributed by atoms with Crippen molar-refractivity contribution in [3.05, 3.63) is 36.3 Å². The van der Waals surface area contributed by atoms with Crippen LogP contribution >= 0.6 is 0 Å². The number of aromatic nitrogens is 3. The number of rotatable bonds is 3. The normalized spacial score (nSPS) is 19.0. The Morgan fingerprint density at radius 3 is 3.23 bits per heavy atom. The first-order valence-corrected chi connectivity index (χ1v) is 7.67. The zero-order chi connectivity index (χ0) is 14.9. The Labute approximate surface area is 128 Å². The third kappa shape index (κ3) is 2.13. The summed E-state index contributed by atoms with van der Waals surface area (Å²) in [6.07, 6.45) is 7.44. The summed E-state index contributed by atoms with van der Waals surface area (Å²) in [5.41, 5.74) is 3.25. The third-order valence-electron chi connectivity index (χ3n) is 4.58. The number of nitriles is 1. The minimum atomic E-state index is 0.510. The van der Waals surface area contributed by atoms with E-state index in [-0.39, 0.29) is 0 Å². The Kier molecular flexibility index (Phi) is 3.24. The summed E-state index contributed by atoms with van der Waals surface area (Å²) in [6.45, 7) is 2.97. The highest BCUT2D eigenvalue weighted by atomic mass is 15.1. The highest BCUT2D eigenvalue weighted by Gasteiger charge is 2.25. The van der Waals surface area contributed by atoms with Gasteiger partial charge in [0, 0.05) is 42.7 Å². The van der Waals surface area contributed by atoms with Crippen molar-refractivity contribution < 1.29 is 0 Å². The van der Waals surface area contributed by atoms with E-state index in [4.69, 9.17) is 5.26 Å². The molecule has 3 aromatic rings. The lowest BCUT2D eigenvalue weighted by Gasteiger charge is -2.16. The first-order valence-electron chi connectivity index (χ1n) is 7.67. The molecule has 110 valence electrons. The number of H-pyrrole nitrogens is 1. The Morgan fingerprint density at radius 2 is 2.32 bits per heavy atom. The van der Waals surface area contributed by atoms with Crippen LogP contribution in [0.4, 0.5) is 0 Å². The minimum Gasteiger partial charge on any atom is -0.360 e. The van der Waals surface area contributed by atoms with Crippen LogP contribution in [0, 0.1) is 11.3 Å². The fourth-order valence-corrected chi connectivity index (χ4v) is 3.52. The molecule has 0 aromatic carbocycles. The number of aromatic amines is 1. The fraction of sp³-hybridized carbons (Fsp3) is 0.353. The summed E-state index contributed by atoms with van der Waals surface area (Å²) in [7, 11) is 0. The van der Waals surface area contributed by atoms with E-state index < -0.39 is 0 Å². The van der Waals surface area contributed by atoms with Crippen LogP contribution in [-0.2, 0) is 0 Å². The maximum absolute atomic E-state index is 8.75. The Hall–Kier alpha value is -2.45. The molecule has 5 heteroatoms. The van der Waals surface area contributed by atoms with E-state index in [1.54, 1.807) is 0 Å². The molecule has 3 aromatic heterocycles. The van der Waals surface area contributed by atoms with Gasteiger partial charge in [-0.25, -0.2) is 9.97 Å². The molecule has 0 saturated carbocycles. The molecule has 0 amide bonds. The minimum absolute atomic E-state index is 0.510. The molecule has 0 radical (unpaired) electrons. The first-order chi connectivity index (χ1) is 10.9. The topological polar surface area (TPSA) is 68.6 Å². The number of hydrogen-bond donors (Lipinski definition) is 1. The summed E-state index contributed by atoms with van der Waals surface area (Å²) >= 11 is 0. The SMILES string of the molecule is N#CCCN1CCC(c2cc[nH]c3cnc4nccc4c23)C1. The predicted molar refractivity (Wildman–Crippen MR) is 85.4 cm³/mol. The van der Waals surface area contributed by atoms with Crippen molar-refractivity contribution >= 4 is 21.9 Å². The Morgan fingerprint density at radius 1 is 1.36 bits per heavy atom. The lowest BCUT2D eigenvalue weighted by atomic mass is 9.94. The average Bonchev–Trinajstić information content (AvgIpc) is 3.21. The van der Waals surface area contributed by atoms with Gasteiger partial charge < -0.3 is 9.88 Å². The van der Waals surface area contributed by atoms with Crippen LogP contribution in [0.3, 0.4) is 0 Å². The second-order valence-corrected chi connectivity index (χ2v) is 5.86. The first kappa shape index (κ1) is 13.2. The van der Waals surface area contributed by atoms with Crippen molar-refractivity contribution in [3.63, 3.8) is 0 Å². The standard InChI is InChI=1S/C17H17N5/c18-5-1-8-22-9-4-12(11-22)13-2-6-19-15-10-21-17-14(16(13)15)3-7-20-17/h2-3,6-7,10,12,19H,1,4,8-9,11H2. The summed E-state index contributed by atoms with van der Waals surface area (Å²) in [6, 6.07) is 6.47. The van der Waals surface area contributed by atoms with Gasteiger partial charge in [0.1, 0.15) is 0 Å². The molecule has 5 nitrogen and oxygen atoms in total. The van der Waals surface area contributed by atoms with Crippen molar-refractivity contribution in [1.29, 1.82) is 5.26 Å². The zero-order valence-electron chi connectivity index (χ0n) is 12.3. The second kappa shape index (κ2) is 5.39. The van der Waals surface area contributed by atoms with Gasteiger partial charge >= 0.3 is 0 Å². The lowest BCUT2D eigenvalue weighted by Crippen LogP contribution is -2.21. The van der Waals surface area contributed by atoms with Crippen molar-refractivity contribution in [1.82, 2.24) is 19.9 Å². The number of likely N-dealkylation sites (tertiary alicyclic amines) is 1. The number of hydrogen-bond acceptors (Lipinski definition) is 4. The molecule has 1 saturated heterocycles. The predicted octanol–water partition coefficient (Wildman–Crippen LogP) is 2.81. The van der Waals surface area contributed by atoms with Gasteiger partial charge in [-0.3, -0.25) is 0 Å². The van der Waals surface area contributed by atoms with Crippen molar-refractivity contribution in [2.75, 3.05) is 19.6 Å². The molecule has 1 fully saturated rings. The smallest absolute Gasteiger partial charge is 0.159 e. The van der Waals surface area contributed by atoms with Crippen LogP contribution in [0.25, 0.3) is 21.9 Å². The second-order valence-electron chi connectivity index (χ2n) is 5.86. The molecule has 0 aliphatic carbocycles. The van der Waals surface area contributed by atoms with Gasteiger partial charge in [-0.1, -0.05) is 0 Å². The van der Waals surface area contributed by atoms with Crippen molar-refractivity contribution in [2.24, 2.45) is 0 Å². The summed E-state index contributed by atoms with van der Waals surface area (Å²) in [5, 5.41) is 11.1. The van der Waals surface area contributed by atoms with E-state index in [1.807, 2.05) is 24.7 Å². The van der Waals surface area contributed by atoms with Gasteiger partial charge in [0.05, 0.1) is 17.8 Å². The highest BCUT2D eigenvalue weighted by molar-refractivity contribution is 6.05. The number of nitrogens with one attached hydrogen (secondary N) is 1. The quantitative estimate of drug-likeness (QED) is 0.805. The monoisotopic (exact) mass is 291 g/mol. The Balaban J connectivity index is 1.76. The summed E-state index contributed by atoms with van der Waals surface area (Å²) in [5.74, 6) is 0.510. The molecule has 4 heterocycles. The summed E-state index contributed by atoms with van der Waals surface area (Å²) in [4.78, 5) is 14.4. The largest absolute Gasteiger partial charge is 0.360 e. The van der Waals surface area contributed by atoms with Crippen LogP contribution < -0.4 is 0 Å². The maximum atomic E-state index is 8.75. The van der Waals surface area contributed by atoms with Crippen LogP contribution in [0.1, 0.15) is 24.3 Å². The van der Waals surface area contributed by atoms with Gasteiger partial charge in [-0.15, -0.1) is 0 Å². The molecule has 1 aliphatic rings. The third-order valence-corrected chi connectivity index (χ3v) is 4.58. The van der Waals surface area contributed by atoms with Crippen LogP contribution in [0.15, 0.2) is 30.7 Å². The van der Waals surface area contributed by atoms with Gasteiger partial charge in [0.25, 0.3) is 0 Å². The van der Waals surface area contributed by atoms with Crippen LogP contribution in [-0.4, -0.2) is 39.5 Å². The zero-order valence-corrected chi connectivity index (χ0v) is 12.3. The van der Waals surface area contributed by atoms with Crippen molar-refractivity contribution in [3.8, 4) is 6.07 Å². The number of fused-ring (bicyclic) bond motifs is 3. The van der Waals surface area contributed by atoms with Gasteiger partial charge in [0.2, 0.25) is 0 Å². The van der Waals surface area contributed by atoms with Gasteiger partial charge in [0.15, 0.2) is 5.65 Å². The van der Waals surface area contributed by atoms with E-state index in [0.717, 1.165) is 42.6 Å². The van der Waals surface area contributed by atoms with Crippen molar-refractivity contribution in [2.45, 2.75) is 18.8 Å². The fourth-order valence-electron chi connectivity index (χ4n) is 3.52. The Bertz CT molecular complexity index is 860. The van der Waals surface area contributed by atoms with E-state index in [9.17, 15) is 0 Å². The molecule has 1 atom stereocenters. The molecule has 0 spiro atoms. The molecule has 4 rings (SSSR count). The van der Waals surface area contributed by atoms with E-state index in [2.05, 4.69) is 32.0 Å². The lowest BCUT2D eigenvalue weighted by molar-refractivity contribution is 0.343. The molecule has 1 aliphatic heterocycles. The summed E-state index contributed by atoms with van der Waals surface area (Å²) < 4.78 is 0. The molecule has 0 bridgehead atoms. The number of nitrogens with zero attached hydrogens (tertiary/aromatic N) is 4. The highest BCUT2D eigenvalue weighted by Crippen LogP contribution is 2.34. The van der Waals surface area contributed by atoms with Gasteiger partial charge in [-0.05, 0) is 36.6 Å². The molecule has 22 heavy (non-hydrogen) atoms. The maximum Gasteiger partial charge on any atom is 0.159 e. The number of pyridine rings is 2.